The fourth-order valence-corrected chi connectivity index (χ4v) is 3.36. The highest BCUT2D eigenvalue weighted by Gasteiger charge is 2.36. The quantitative estimate of drug-likeness (QED) is 0.783. The minimum atomic E-state index is -0.116. The minimum Gasteiger partial charge on any atom is -0.469 e. The van der Waals surface area contributed by atoms with Crippen molar-refractivity contribution in [1.29, 1.82) is 0 Å². The van der Waals surface area contributed by atoms with E-state index in [2.05, 4.69) is 30.8 Å². The summed E-state index contributed by atoms with van der Waals surface area (Å²) in [4.78, 5) is 14.0. The number of aryl methyl sites for hydroxylation is 2. The summed E-state index contributed by atoms with van der Waals surface area (Å²) in [5.41, 5.74) is 2.00. The van der Waals surface area contributed by atoms with E-state index in [1.807, 2.05) is 4.68 Å². The summed E-state index contributed by atoms with van der Waals surface area (Å²) in [6, 6.07) is 0. The topological polar surface area (TPSA) is 47.4 Å². The van der Waals surface area contributed by atoms with E-state index in [4.69, 9.17) is 16.3 Å². The Hall–Kier alpha value is -1.07. The lowest BCUT2D eigenvalue weighted by atomic mass is 9.99. The number of halogens is 1. The molecule has 118 valence electrons. The molecule has 2 rings (SSSR count). The Morgan fingerprint density at radius 1 is 1.43 bits per heavy atom. The van der Waals surface area contributed by atoms with Gasteiger partial charge in [-0.15, -0.1) is 0 Å². The van der Waals surface area contributed by atoms with Crippen LogP contribution in [0.2, 0.25) is 5.02 Å². The Balaban J connectivity index is 2.13. The second kappa shape index (κ2) is 6.79. The molecule has 1 fully saturated rings. The van der Waals surface area contributed by atoms with Gasteiger partial charge in [0.2, 0.25) is 0 Å². The molecule has 0 aromatic carbocycles. The van der Waals surface area contributed by atoms with Crippen LogP contribution >= 0.6 is 11.6 Å². The van der Waals surface area contributed by atoms with E-state index < -0.39 is 0 Å². The summed E-state index contributed by atoms with van der Waals surface area (Å²) in [5.74, 6) is 0.145. The van der Waals surface area contributed by atoms with Gasteiger partial charge in [0.25, 0.3) is 0 Å². The van der Waals surface area contributed by atoms with Gasteiger partial charge in [0.15, 0.2) is 0 Å². The van der Waals surface area contributed by atoms with Crippen LogP contribution in [0.3, 0.4) is 0 Å². The molecule has 2 atom stereocenters. The fourth-order valence-electron chi connectivity index (χ4n) is 3.03. The summed E-state index contributed by atoms with van der Waals surface area (Å²) in [6.07, 6.45) is 0.833. The first-order chi connectivity index (χ1) is 10.0. The molecule has 1 aromatic heterocycles. The summed E-state index contributed by atoms with van der Waals surface area (Å²) in [6.45, 7) is 9.36. The van der Waals surface area contributed by atoms with Crippen LogP contribution in [0.1, 0.15) is 32.2 Å². The van der Waals surface area contributed by atoms with Gasteiger partial charge in [-0.2, -0.15) is 5.10 Å². The summed E-state index contributed by atoms with van der Waals surface area (Å²) in [5, 5.41) is 5.32. The van der Waals surface area contributed by atoms with Crippen LogP contribution in [0.5, 0.6) is 0 Å². The molecule has 0 radical (unpaired) electrons. The van der Waals surface area contributed by atoms with Crippen LogP contribution < -0.4 is 0 Å². The van der Waals surface area contributed by atoms with Crippen LogP contribution in [0, 0.1) is 11.8 Å². The third-order valence-electron chi connectivity index (χ3n) is 4.26. The average molecular weight is 314 g/mol. The summed E-state index contributed by atoms with van der Waals surface area (Å²) >= 11 is 6.45. The van der Waals surface area contributed by atoms with Crippen molar-refractivity contribution < 1.29 is 9.53 Å². The van der Waals surface area contributed by atoms with Crippen molar-refractivity contribution >= 4 is 17.6 Å². The average Bonchev–Trinajstić information content (AvgIpc) is 2.99. The van der Waals surface area contributed by atoms with E-state index in [0.717, 1.165) is 49.0 Å². The Bertz CT molecular complexity index is 515. The van der Waals surface area contributed by atoms with Gasteiger partial charge < -0.3 is 4.74 Å². The molecule has 0 bridgehead atoms. The van der Waals surface area contributed by atoms with Crippen molar-refractivity contribution in [3.05, 3.63) is 16.4 Å². The Morgan fingerprint density at radius 2 is 2.14 bits per heavy atom. The number of carbonyl (C=O) groups excluding carboxylic acids is 1. The molecule has 2 heterocycles. The first kappa shape index (κ1) is 16.3. The van der Waals surface area contributed by atoms with Crippen molar-refractivity contribution in [3.8, 4) is 0 Å². The standard InChI is InChI=1S/C15H24ClN3O2/c1-5-12-14(16)13(19(6-2)17-12)9-18-7-10(3)11(8-18)15(20)21-4/h10-11H,5-9H2,1-4H3. The highest BCUT2D eigenvalue weighted by Crippen LogP contribution is 2.28. The lowest BCUT2D eigenvalue weighted by Crippen LogP contribution is -2.25. The maximum atomic E-state index is 11.8. The van der Waals surface area contributed by atoms with Crippen molar-refractivity contribution in [2.45, 2.75) is 40.3 Å². The lowest BCUT2D eigenvalue weighted by Gasteiger charge is -2.16. The molecule has 1 aliphatic heterocycles. The number of rotatable bonds is 5. The normalized spacial score (nSPS) is 22.7. The van der Waals surface area contributed by atoms with Gasteiger partial charge in [0.05, 0.1) is 29.4 Å². The van der Waals surface area contributed by atoms with E-state index in [9.17, 15) is 4.79 Å². The van der Waals surface area contributed by atoms with Crippen LogP contribution in [0.4, 0.5) is 0 Å². The maximum absolute atomic E-state index is 11.8. The predicted octanol–water partition coefficient (Wildman–Crippen LogP) is 2.36. The molecule has 0 aliphatic carbocycles. The Labute approximate surface area is 131 Å². The molecule has 21 heavy (non-hydrogen) atoms. The summed E-state index contributed by atoms with van der Waals surface area (Å²) in [7, 11) is 1.45. The molecule has 2 unspecified atom stereocenters. The Kier molecular flexibility index (Phi) is 5.27. The van der Waals surface area contributed by atoms with Crippen molar-refractivity contribution in [2.24, 2.45) is 11.8 Å². The first-order valence-electron chi connectivity index (χ1n) is 7.55. The molecular weight excluding hydrogens is 290 g/mol. The molecule has 0 N–H and O–H groups in total. The second-order valence-electron chi connectivity index (χ2n) is 5.68. The molecular formula is C15H24ClN3O2. The molecule has 5 nitrogen and oxygen atoms in total. The number of aromatic nitrogens is 2. The van der Waals surface area contributed by atoms with Gasteiger partial charge in [-0.05, 0) is 19.3 Å². The molecule has 1 saturated heterocycles. The van der Waals surface area contributed by atoms with Gasteiger partial charge in [0.1, 0.15) is 0 Å². The number of methoxy groups -OCH3 is 1. The second-order valence-corrected chi connectivity index (χ2v) is 6.06. The van der Waals surface area contributed by atoms with E-state index in [1.165, 1.54) is 7.11 Å². The third-order valence-corrected chi connectivity index (χ3v) is 4.70. The SMILES string of the molecule is CCc1nn(CC)c(CN2CC(C)C(C(=O)OC)C2)c1Cl. The minimum absolute atomic E-state index is 0.0441. The summed E-state index contributed by atoms with van der Waals surface area (Å²) < 4.78 is 6.85. The monoisotopic (exact) mass is 313 g/mol. The van der Waals surface area contributed by atoms with Crippen LogP contribution in [0.15, 0.2) is 0 Å². The number of ether oxygens (including phenoxy) is 1. The van der Waals surface area contributed by atoms with Crippen molar-refractivity contribution in [2.75, 3.05) is 20.2 Å². The molecule has 0 amide bonds. The van der Waals surface area contributed by atoms with Crippen LogP contribution in [-0.4, -0.2) is 40.8 Å². The van der Waals surface area contributed by atoms with Gasteiger partial charge in [-0.1, -0.05) is 25.4 Å². The highest BCUT2D eigenvalue weighted by molar-refractivity contribution is 6.31. The molecule has 1 aliphatic rings. The first-order valence-corrected chi connectivity index (χ1v) is 7.93. The largest absolute Gasteiger partial charge is 0.469 e. The number of carbonyl (C=O) groups is 1. The zero-order valence-electron chi connectivity index (χ0n) is 13.2. The number of likely N-dealkylation sites (tertiary alicyclic amines) is 1. The molecule has 0 saturated carbocycles. The van der Waals surface area contributed by atoms with E-state index in [-0.39, 0.29) is 11.9 Å². The van der Waals surface area contributed by atoms with Crippen molar-refractivity contribution in [3.63, 3.8) is 0 Å². The van der Waals surface area contributed by atoms with Gasteiger partial charge in [-0.3, -0.25) is 14.4 Å². The van der Waals surface area contributed by atoms with Gasteiger partial charge in [0, 0.05) is 26.2 Å². The zero-order valence-corrected chi connectivity index (χ0v) is 14.0. The maximum Gasteiger partial charge on any atom is 0.310 e. The number of esters is 1. The van der Waals surface area contributed by atoms with E-state index in [1.54, 1.807) is 0 Å². The third kappa shape index (κ3) is 3.24. The highest BCUT2D eigenvalue weighted by atomic mass is 35.5. The van der Waals surface area contributed by atoms with Gasteiger partial charge >= 0.3 is 5.97 Å². The number of nitrogens with zero attached hydrogens (tertiary/aromatic N) is 3. The molecule has 1 aromatic rings. The smallest absolute Gasteiger partial charge is 0.310 e. The Morgan fingerprint density at radius 3 is 2.71 bits per heavy atom. The number of hydrogen-bond donors (Lipinski definition) is 0. The lowest BCUT2D eigenvalue weighted by molar-refractivity contribution is -0.146. The van der Waals surface area contributed by atoms with Gasteiger partial charge in [-0.25, -0.2) is 0 Å². The molecule has 0 spiro atoms. The molecule has 6 heteroatoms. The predicted molar refractivity (Wildman–Crippen MR) is 82.2 cm³/mol. The zero-order chi connectivity index (χ0) is 15.6. The van der Waals surface area contributed by atoms with Crippen LogP contribution in [-0.2, 0) is 29.0 Å². The van der Waals surface area contributed by atoms with Crippen molar-refractivity contribution in [1.82, 2.24) is 14.7 Å². The van der Waals surface area contributed by atoms with E-state index in [0.29, 0.717) is 5.92 Å². The van der Waals surface area contributed by atoms with E-state index >= 15 is 0 Å². The number of hydrogen-bond acceptors (Lipinski definition) is 4. The fraction of sp³-hybridized carbons (Fsp3) is 0.733. The van der Waals surface area contributed by atoms with Crippen LogP contribution in [0.25, 0.3) is 0 Å².